The van der Waals surface area contributed by atoms with E-state index in [1.165, 1.54) is 6.08 Å². The monoisotopic (exact) mass is 257 g/mol. The van der Waals surface area contributed by atoms with Crippen molar-refractivity contribution < 1.29 is 9.90 Å². The van der Waals surface area contributed by atoms with E-state index < -0.39 is 0 Å². The van der Waals surface area contributed by atoms with Crippen LogP contribution in [0.4, 0.5) is 0 Å². The Hall–Kier alpha value is -1.33. The maximum Gasteiger partial charge on any atom is 0.244 e. The lowest BCUT2D eigenvalue weighted by molar-refractivity contribution is -0.117. The number of rotatable bonds is 4. The minimum atomic E-state index is -0.272. The van der Waals surface area contributed by atoms with Crippen molar-refractivity contribution in [1.82, 2.24) is 15.1 Å². The summed E-state index contributed by atoms with van der Waals surface area (Å²) in [4.78, 5) is 11.4. The summed E-state index contributed by atoms with van der Waals surface area (Å²) >= 11 is 6.01. The number of nitrogens with one attached hydrogen (secondary N) is 1. The van der Waals surface area contributed by atoms with Gasteiger partial charge in [0.05, 0.1) is 12.3 Å². The maximum atomic E-state index is 11.4. The van der Waals surface area contributed by atoms with Gasteiger partial charge in [0.1, 0.15) is 5.15 Å². The highest BCUT2D eigenvalue weighted by Crippen LogP contribution is 2.19. The number of nitrogens with zero attached hydrogens (tertiary/aromatic N) is 2. The topological polar surface area (TPSA) is 67.2 Å². The van der Waals surface area contributed by atoms with Crippen LogP contribution in [0.3, 0.4) is 0 Å². The van der Waals surface area contributed by atoms with Gasteiger partial charge in [-0.25, -0.2) is 0 Å². The van der Waals surface area contributed by atoms with E-state index in [0.29, 0.717) is 5.15 Å². The van der Waals surface area contributed by atoms with Crippen LogP contribution < -0.4 is 5.32 Å². The summed E-state index contributed by atoms with van der Waals surface area (Å²) in [7, 11) is 1.74. The van der Waals surface area contributed by atoms with Crippen LogP contribution >= 0.6 is 11.6 Å². The number of aryl methyl sites for hydroxylation is 2. The molecule has 0 saturated carbocycles. The van der Waals surface area contributed by atoms with Gasteiger partial charge in [0.2, 0.25) is 5.91 Å². The molecule has 0 saturated heterocycles. The van der Waals surface area contributed by atoms with Crippen LogP contribution in [-0.2, 0) is 11.8 Å². The third-order valence-electron chi connectivity index (χ3n) is 2.26. The van der Waals surface area contributed by atoms with E-state index in [1.54, 1.807) is 24.7 Å². The highest BCUT2D eigenvalue weighted by molar-refractivity contribution is 6.31. The first-order chi connectivity index (χ1) is 7.95. The fourth-order valence-electron chi connectivity index (χ4n) is 1.33. The smallest absolute Gasteiger partial charge is 0.244 e. The number of carbonyl (C=O) groups excluding carboxylic acids is 1. The summed E-state index contributed by atoms with van der Waals surface area (Å²) in [5.41, 5.74) is 1.48. The van der Waals surface area contributed by atoms with E-state index in [-0.39, 0.29) is 18.6 Å². The van der Waals surface area contributed by atoms with Gasteiger partial charge in [-0.05, 0) is 19.9 Å². The van der Waals surface area contributed by atoms with Gasteiger partial charge in [-0.15, -0.1) is 0 Å². The van der Waals surface area contributed by atoms with Gasteiger partial charge in [0.25, 0.3) is 0 Å². The van der Waals surface area contributed by atoms with Gasteiger partial charge in [-0.1, -0.05) is 11.6 Å². The molecule has 1 atom stereocenters. The number of carbonyl (C=O) groups is 1. The molecule has 0 radical (unpaired) electrons. The van der Waals surface area contributed by atoms with Crippen molar-refractivity contribution in [1.29, 1.82) is 0 Å². The molecule has 0 fully saturated rings. The SMILES string of the molecule is Cc1nn(C)c(Cl)c1/C=C/C(=O)NC(C)CO. The molecule has 5 nitrogen and oxygen atoms in total. The molecule has 1 aromatic heterocycles. The third kappa shape index (κ3) is 3.57. The lowest BCUT2D eigenvalue weighted by atomic mass is 10.2. The standard InChI is InChI=1S/C11H16ClN3O2/c1-7(6-16)13-10(17)5-4-9-8(2)14-15(3)11(9)12/h4-5,7,16H,6H2,1-3H3,(H,13,17)/b5-4+. The molecule has 0 aliphatic heterocycles. The average Bonchev–Trinajstić information content (AvgIpc) is 2.51. The molecule has 0 aromatic carbocycles. The Balaban J connectivity index is 2.74. The normalized spacial score (nSPS) is 13.0. The Labute approximate surface area is 105 Å². The van der Waals surface area contributed by atoms with Crippen LogP contribution in [0.15, 0.2) is 6.08 Å². The van der Waals surface area contributed by atoms with Crippen molar-refractivity contribution in [3.05, 3.63) is 22.5 Å². The Bertz CT molecular complexity index is 440. The Morgan fingerprint density at radius 3 is 2.82 bits per heavy atom. The van der Waals surface area contributed by atoms with Crippen molar-refractivity contribution in [3.63, 3.8) is 0 Å². The zero-order chi connectivity index (χ0) is 13.0. The van der Waals surface area contributed by atoms with Gasteiger partial charge in [-0.2, -0.15) is 5.10 Å². The molecule has 17 heavy (non-hydrogen) atoms. The van der Waals surface area contributed by atoms with Gasteiger partial charge >= 0.3 is 0 Å². The first-order valence-corrected chi connectivity index (χ1v) is 5.62. The first kappa shape index (κ1) is 13.7. The Morgan fingerprint density at radius 2 is 2.35 bits per heavy atom. The zero-order valence-corrected chi connectivity index (χ0v) is 10.8. The molecule has 1 amide bonds. The second-order valence-electron chi connectivity index (χ2n) is 3.84. The Kier molecular flexibility index (Phi) is 4.72. The van der Waals surface area contributed by atoms with Gasteiger partial charge < -0.3 is 10.4 Å². The van der Waals surface area contributed by atoms with Gasteiger partial charge in [0.15, 0.2) is 0 Å². The largest absolute Gasteiger partial charge is 0.394 e. The highest BCUT2D eigenvalue weighted by Gasteiger charge is 2.08. The predicted octanol–water partition coefficient (Wildman–Crippen LogP) is 0.892. The lowest BCUT2D eigenvalue weighted by Crippen LogP contribution is -2.33. The van der Waals surface area contributed by atoms with Crippen LogP contribution in [-0.4, -0.2) is 33.4 Å². The molecule has 1 unspecified atom stereocenters. The van der Waals surface area contributed by atoms with Crippen molar-refractivity contribution in [2.24, 2.45) is 7.05 Å². The minimum absolute atomic E-state index is 0.0910. The summed E-state index contributed by atoms with van der Waals surface area (Å²) in [5.74, 6) is -0.272. The number of aliphatic hydroxyl groups is 1. The number of hydrogen-bond acceptors (Lipinski definition) is 3. The summed E-state index contributed by atoms with van der Waals surface area (Å²) in [5, 5.41) is 16.0. The molecule has 6 heteroatoms. The van der Waals surface area contributed by atoms with Crippen LogP contribution in [0.1, 0.15) is 18.2 Å². The van der Waals surface area contributed by atoms with Crippen molar-refractivity contribution >= 4 is 23.6 Å². The second-order valence-corrected chi connectivity index (χ2v) is 4.20. The Morgan fingerprint density at radius 1 is 1.71 bits per heavy atom. The second kappa shape index (κ2) is 5.84. The molecule has 1 rings (SSSR count). The molecule has 0 aliphatic carbocycles. The van der Waals surface area contributed by atoms with E-state index in [0.717, 1.165) is 11.3 Å². The fourth-order valence-corrected chi connectivity index (χ4v) is 1.57. The molecule has 1 heterocycles. The number of aromatic nitrogens is 2. The van der Waals surface area contributed by atoms with E-state index in [2.05, 4.69) is 10.4 Å². The number of aliphatic hydroxyl groups excluding tert-OH is 1. The summed E-state index contributed by atoms with van der Waals surface area (Å²) in [6, 6.07) is -0.266. The molecule has 1 aromatic rings. The molecule has 0 bridgehead atoms. The van der Waals surface area contributed by atoms with Gasteiger partial charge in [0, 0.05) is 24.7 Å². The first-order valence-electron chi connectivity index (χ1n) is 5.24. The molecular weight excluding hydrogens is 242 g/mol. The number of amides is 1. The number of halogens is 1. The number of hydrogen-bond donors (Lipinski definition) is 2. The fraction of sp³-hybridized carbons (Fsp3) is 0.455. The summed E-state index contributed by atoms with van der Waals surface area (Å²) in [6.07, 6.45) is 2.99. The van der Waals surface area contributed by atoms with E-state index in [4.69, 9.17) is 16.7 Å². The van der Waals surface area contributed by atoms with Crippen LogP contribution in [0.5, 0.6) is 0 Å². The van der Waals surface area contributed by atoms with Crippen molar-refractivity contribution in [2.45, 2.75) is 19.9 Å². The molecule has 94 valence electrons. The van der Waals surface area contributed by atoms with Gasteiger partial charge in [-0.3, -0.25) is 9.48 Å². The van der Waals surface area contributed by atoms with E-state index >= 15 is 0 Å². The molecule has 0 spiro atoms. The predicted molar refractivity (Wildman–Crippen MR) is 66.7 cm³/mol. The van der Waals surface area contributed by atoms with Crippen molar-refractivity contribution in [3.8, 4) is 0 Å². The van der Waals surface area contributed by atoms with Crippen LogP contribution in [0, 0.1) is 6.92 Å². The van der Waals surface area contributed by atoms with E-state index in [1.807, 2.05) is 6.92 Å². The van der Waals surface area contributed by atoms with Crippen molar-refractivity contribution in [2.75, 3.05) is 6.61 Å². The molecule has 2 N–H and O–H groups in total. The highest BCUT2D eigenvalue weighted by atomic mass is 35.5. The molecule has 0 aliphatic rings. The average molecular weight is 258 g/mol. The summed E-state index contributed by atoms with van der Waals surface area (Å²) < 4.78 is 1.55. The maximum absolute atomic E-state index is 11.4. The van der Waals surface area contributed by atoms with Crippen LogP contribution in [0.25, 0.3) is 6.08 Å². The summed E-state index contributed by atoms with van der Waals surface area (Å²) in [6.45, 7) is 3.44. The molecular formula is C11H16ClN3O2. The van der Waals surface area contributed by atoms with E-state index in [9.17, 15) is 4.79 Å². The quantitative estimate of drug-likeness (QED) is 0.788. The van der Waals surface area contributed by atoms with Crippen LogP contribution in [0.2, 0.25) is 5.15 Å². The third-order valence-corrected chi connectivity index (χ3v) is 2.71. The lowest BCUT2D eigenvalue weighted by Gasteiger charge is -2.07. The minimum Gasteiger partial charge on any atom is -0.394 e. The zero-order valence-electron chi connectivity index (χ0n) is 10.1.